The number of nitrogens with zero attached hydrogens (tertiary/aromatic N) is 1. The van der Waals surface area contributed by atoms with Gasteiger partial charge in [-0.1, -0.05) is 0 Å². The van der Waals surface area contributed by atoms with Crippen LogP contribution in [0.15, 0.2) is 42.6 Å². The van der Waals surface area contributed by atoms with Crippen molar-refractivity contribution in [1.29, 1.82) is 0 Å². The molecule has 0 bridgehead atoms. The number of carbonyl (C=O) groups excluding carboxylic acids is 2. The van der Waals surface area contributed by atoms with Gasteiger partial charge >= 0.3 is 0 Å². The van der Waals surface area contributed by atoms with Gasteiger partial charge in [-0.25, -0.2) is 17.6 Å². The molecule has 4 rings (SSSR count). The molecular weight excluding hydrogens is 438 g/mol. The van der Waals surface area contributed by atoms with Gasteiger partial charge in [-0.15, -0.1) is 0 Å². The summed E-state index contributed by atoms with van der Waals surface area (Å²) in [5, 5.41) is 5.18. The number of nitrogens with one attached hydrogen (secondary N) is 2. The van der Waals surface area contributed by atoms with E-state index in [-0.39, 0.29) is 28.6 Å². The lowest BCUT2D eigenvalue weighted by atomic mass is 10.00. The normalized spacial score (nSPS) is 13.0. The quantitative estimate of drug-likeness (QED) is 0.425. The second-order valence-electron chi connectivity index (χ2n) is 7.85. The van der Waals surface area contributed by atoms with Crippen LogP contribution in [0, 0.1) is 30.2 Å². The molecule has 0 atom stereocenters. The molecule has 2 aromatic carbocycles. The Morgan fingerprint density at radius 1 is 0.970 bits per heavy atom. The summed E-state index contributed by atoms with van der Waals surface area (Å²) in [6, 6.07) is 6.96. The van der Waals surface area contributed by atoms with Gasteiger partial charge in [0.2, 0.25) is 0 Å². The van der Waals surface area contributed by atoms with Gasteiger partial charge in [0, 0.05) is 41.5 Å². The molecule has 33 heavy (non-hydrogen) atoms. The molecule has 0 radical (unpaired) electrons. The van der Waals surface area contributed by atoms with E-state index in [1.807, 2.05) is 0 Å². The second-order valence-corrected chi connectivity index (χ2v) is 7.85. The molecule has 1 aliphatic rings. The van der Waals surface area contributed by atoms with E-state index >= 15 is 0 Å². The highest BCUT2D eigenvalue weighted by Crippen LogP contribution is 2.27. The van der Waals surface area contributed by atoms with Gasteiger partial charge in [-0.2, -0.15) is 0 Å². The summed E-state index contributed by atoms with van der Waals surface area (Å²) in [6.07, 6.45) is 3.04. The van der Waals surface area contributed by atoms with Crippen LogP contribution in [0.5, 0.6) is 0 Å². The topological polar surface area (TPSA) is 71.1 Å². The lowest BCUT2D eigenvalue weighted by Gasteiger charge is -2.11. The zero-order valence-electron chi connectivity index (χ0n) is 17.5. The van der Waals surface area contributed by atoms with Crippen molar-refractivity contribution in [3.05, 3.63) is 88.1 Å². The van der Waals surface area contributed by atoms with Crippen LogP contribution in [0.1, 0.15) is 44.7 Å². The van der Waals surface area contributed by atoms with E-state index in [0.29, 0.717) is 22.9 Å². The first-order valence-electron chi connectivity index (χ1n) is 10.2. The average Bonchev–Trinajstić information content (AvgIpc) is 3.60. The number of hydrogen-bond acceptors (Lipinski definition) is 3. The van der Waals surface area contributed by atoms with E-state index in [2.05, 4.69) is 15.6 Å². The summed E-state index contributed by atoms with van der Waals surface area (Å²) >= 11 is 0. The number of amides is 2. The highest BCUT2D eigenvalue weighted by Gasteiger charge is 2.25. The van der Waals surface area contributed by atoms with E-state index in [0.717, 1.165) is 18.9 Å². The van der Waals surface area contributed by atoms with Crippen molar-refractivity contribution >= 4 is 11.8 Å². The summed E-state index contributed by atoms with van der Waals surface area (Å²) in [5.41, 5.74) is 0.997. The molecule has 5 nitrogen and oxygen atoms in total. The first-order chi connectivity index (χ1) is 15.7. The van der Waals surface area contributed by atoms with Crippen molar-refractivity contribution in [2.45, 2.75) is 32.4 Å². The fourth-order valence-corrected chi connectivity index (χ4v) is 3.28. The predicted molar refractivity (Wildman–Crippen MR) is 112 cm³/mol. The molecule has 0 aliphatic heterocycles. The van der Waals surface area contributed by atoms with Crippen molar-refractivity contribution in [1.82, 2.24) is 15.6 Å². The predicted octanol–water partition coefficient (Wildman–Crippen LogP) is 4.44. The number of hydrogen-bond donors (Lipinski definition) is 2. The van der Waals surface area contributed by atoms with Crippen LogP contribution in [-0.4, -0.2) is 22.8 Å². The fraction of sp³-hybridized carbons (Fsp3) is 0.208. The summed E-state index contributed by atoms with van der Waals surface area (Å²) in [7, 11) is 0. The standard InChI is InChI=1S/C24H19F4N3O2/c1-12-18(7-14(8-19(12)26)24(33)31-17-3-4-17)21-5-2-13(10-29-21)23(32)30-11-15-6-16(25)9-20(27)22(15)28/h2,5-10,17H,3-4,11H2,1H3,(H,30,32)(H,31,33). The molecule has 1 aliphatic carbocycles. The Kier molecular flexibility index (Phi) is 6.13. The van der Waals surface area contributed by atoms with E-state index in [4.69, 9.17) is 0 Å². The number of benzene rings is 2. The van der Waals surface area contributed by atoms with Crippen LogP contribution in [0.25, 0.3) is 11.3 Å². The van der Waals surface area contributed by atoms with Crippen LogP contribution < -0.4 is 10.6 Å². The molecule has 0 saturated heterocycles. The van der Waals surface area contributed by atoms with Gasteiger partial charge < -0.3 is 10.6 Å². The zero-order valence-corrected chi connectivity index (χ0v) is 17.5. The molecule has 1 aromatic heterocycles. The lowest BCUT2D eigenvalue weighted by molar-refractivity contribution is 0.0942. The maximum absolute atomic E-state index is 14.4. The minimum Gasteiger partial charge on any atom is -0.349 e. The van der Waals surface area contributed by atoms with Gasteiger partial charge in [-0.05, 0) is 55.7 Å². The maximum Gasteiger partial charge on any atom is 0.253 e. The van der Waals surface area contributed by atoms with E-state index in [9.17, 15) is 27.2 Å². The van der Waals surface area contributed by atoms with Crippen molar-refractivity contribution in [2.24, 2.45) is 0 Å². The van der Waals surface area contributed by atoms with Gasteiger partial charge in [-0.3, -0.25) is 14.6 Å². The minimum atomic E-state index is -1.35. The van der Waals surface area contributed by atoms with E-state index in [1.54, 1.807) is 13.0 Å². The molecule has 9 heteroatoms. The molecular formula is C24H19F4N3O2. The average molecular weight is 457 g/mol. The Bertz CT molecular complexity index is 1240. The van der Waals surface area contributed by atoms with Crippen molar-refractivity contribution in [3.8, 4) is 11.3 Å². The largest absolute Gasteiger partial charge is 0.349 e. The third kappa shape index (κ3) is 5.02. The maximum atomic E-state index is 14.4. The molecule has 3 aromatic rings. The summed E-state index contributed by atoms with van der Waals surface area (Å²) in [5.74, 6) is -5.11. The minimum absolute atomic E-state index is 0.108. The summed E-state index contributed by atoms with van der Waals surface area (Å²) < 4.78 is 54.8. The third-order valence-electron chi connectivity index (χ3n) is 5.33. The van der Waals surface area contributed by atoms with Crippen molar-refractivity contribution in [3.63, 3.8) is 0 Å². The zero-order chi connectivity index (χ0) is 23.7. The molecule has 170 valence electrons. The van der Waals surface area contributed by atoms with Gasteiger partial charge in [0.1, 0.15) is 11.6 Å². The smallest absolute Gasteiger partial charge is 0.253 e. The Labute approximate surface area is 186 Å². The highest BCUT2D eigenvalue weighted by molar-refractivity contribution is 5.96. The molecule has 2 N–H and O–H groups in total. The molecule has 1 saturated carbocycles. The van der Waals surface area contributed by atoms with Gasteiger partial charge in [0.05, 0.1) is 11.3 Å². The first-order valence-corrected chi connectivity index (χ1v) is 10.2. The Morgan fingerprint density at radius 2 is 1.73 bits per heavy atom. The molecule has 0 spiro atoms. The Morgan fingerprint density at radius 3 is 2.39 bits per heavy atom. The highest BCUT2D eigenvalue weighted by atomic mass is 19.2. The van der Waals surface area contributed by atoms with Crippen LogP contribution in [0.2, 0.25) is 0 Å². The van der Waals surface area contributed by atoms with Crippen LogP contribution in [0.4, 0.5) is 17.6 Å². The SMILES string of the molecule is Cc1c(F)cc(C(=O)NC2CC2)cc1-c1ccc(C(=O)NCc2cc(F)cc(F)c2F)cn1. The van der Waals surface area contributed by atoms with Gasteiger partial charge in [0.15, 0.2) is 11.6 Å². The van der Waals surface area contributed by atoms with Crippen molar-refractivity contribution in [2.75, 3.05) is 0 Å². The summed E-state index contributed by atoms with van der Waals surface area (Å²) in [4.78, 5) is 28.9. The molecule has 1 heterocycles. The van der Waals surface area contributed by atoms with Gasteiger partial charge in [0.25, 0.3) is 11.8 Å². The Balaban J connectivity index is 1.50. The van der Waals surface area contributed by atoms with E-state index in [1.165, 1.54) is 24.4 Å². The van der Waals surface area contributed by atoms with E-state index < -0.39 is 35.7 Å². The first kappa shape index (κ1) is 22.4. The lowest BCUT2D eigenvalue weighted by Crippen LogP contribution is -2.25. The number of rotatable bonds is 6. The van der Waals surface area contributed by atoms with Crippen LogP contribution >= 0.6 is 0 Å². The second kappa shape index (κ2) is 9.01. The monoisotopic (exact) mass is 457 g/mol. The molecule has 0 unspecified atom stereocenters. The van der Waals surface area contributed by atoms with Crippen LogP contribution in [0.3, 0.4) is 0 Å². The summed E-state index contributed by atoms with van der Waals surface area (Å²) in [6.45, 7) is 1.13. The fourth-order valence-electron chi connectivity index (χ4n) is 3.28. The van der Waals surface area contributed by atoms with Crippen LogP contribution in [-0.2, 0) is 6.54 Å². The number of halogens is 4. The number of pyridine rings is 1. The molecule has 2 amide bonds. The number of aromatic nitrogens is 1. The third-order valence-corrected chi connectivity index (χ3v) is 5.33. The molecule has 1 fully saturated rings. The Hall–Kier alpha value is -3.75. The van der Waals surface area contributed by atoms with Crippen molar-refractivity contribution < 1.29 is 27.2 Å². The number of carbonyl (C=O) groups is 2.